The molecule has 9 nitrogen and oxygen atoms in total. The Balaban J connectivity index is 1.82. The molecular formula is C19H20N2O7S2. The Morgan fingerprint density at radius 1 is 1.43 bits per heavy atom. The van der Waals surface area contributed by atoms with Crippen LogP contribution in [0.2, 0.25) is 0 Å². The Bertz CT molecular complexity index is 925. The molecule has 11 heteroatoms. The first kappa shape index (κ1) is 22.1. The van der Waals surface area contributed by atoms with Gasteiger partial charge in [0.25, 0.3) is 11.6 Å². The van der Waals surface area contributed by atoms with Crippen LogP contribution in [0.15, 0.2) is 40.9 Å². The number of nitrogens with zero attached hydrogens (tertiary/aromatic N) is 1. The lowest BCUT2D eigenvalue weighted by atomic mass is 9.97. The van der Waals surface area contributed by atoms with Crippen LogP contribution in [0.4, 0.5) is 0 Å². The second-order valence-corrected chi connectivity index (χ2v) is 8.45. The number of methoxy groups -OCH3 is 1. The van der Waals surface area contributed by atoms with Gasteiger partial charge in [0, 0.05) is 23.8 Å². The summed E-state index contributed by atoms with van der Waals surface area (Å²) in [4.78, 5) is 50.7. The number of carbonyl (C=O) groups excluding carboxylic acids is 3. The molecule has 160 valence electrons. The number of rotatable bonds is 8. The van der Waals surface area contributed by atoms with Crippen LogP contribution in [0.3, 0.4) is 0 Å². The van der Waals surface area contributed by atoms with Gasteiger partial charge < -0.3 is 19.9 Å². The van der Waals surface area contributed by atoms with E-state index in [1.807, 2.05) is 11.4 Å². The molecule has 1 aromatic heterocycles. The molecule has 2 aliphatic heterocycles. The fourth-order valence-electron chi connectivity index (χ4n) is 3.21. The molecule has 1 saturated heterocycles. The van der Waals surface area contributed by atoms with Gasteiger partial charge >= 0.3 is 11.9 Å². The lowest BCUT2D eigenvalue weighted by Gasteiger charge is -2.55. The lowest BCUT2D eigenvalue weighted by molar-refractivity contribution is -0.192. The maximum absolute atomic E-state index is 13.0. The second-order valence-electron chi connectivity index (χ2n) is 6.35. The third-order valence-electron chi connectivity index (χ3n) is 4.53. The summed E-state index contributed by atoms with van der Waals surface area (Å²) in [6, 6.07) is 3.63. The van der Waals surface area contributed by atoms with Gasteiger partial charge in [-0.2, -0.15) is 0 Å². The van der Waals surface area contributed by atoms with Crippen LogP contribution in [0.1, 0.15) is 11.8 Å². The second kappa shape index (κ2) is 9.02. The monoisotopic (exact) mass is 452 g/mol. The maximum Gasteiger partial charge on any atom is 0.352 e. The van der Waals surface area contributed by atoms with Gasteiger partial charge in [-0.1, -0.05) is 6.07 Å². The number of ether oxygens (including phenoxy) is 2. The molecule has 2 amide bonds. The molecule has 0 aromatic carbocycles. The van der Waals surface area contributed by atoms with Gasteiger partial charge in [-0.05, 0) is 30.0 Å². The van der Waals surface area contributed by atoms with Gasteiger partial charge in [-0.25, -0.2) is 9.59 Å². The third kappa shape index (κ3) is 4.00. The highest BCUT2D eigenvalue weighted by atomic mass is 32.2. The Morgan fingerprint density at radius 2 is 2.20 bits per heavy atom. The van der Waals surface area contributed by atoms with Gasteiger partial charge in [0.15, 0.2) is 0 Å². The molecule has 2 aliphatic rings. The first-order chi connectivity index (χ1) is 14.3. The summed E-state index contributed by atoms with van der Waals surface area (Å²) in [6.07, 6.45) is 2.54. The third-order valence-corrected chi connectivity index (χ3v) is 6.74. The minimum atomic E-state index is -1.64. The van der Waals surface area contributed by atoms with Crippen molar-refractivity contribution in [3.8, 4) is 0 Å². The average Bonchev–Trinajstić information content (AvgIpc) is 3.22. The highest BCUT2D eigenvalue weighted by molar-refractivity contribution is 8.00. The standard InChI is InChI=1S/C19H20N2O7S2/c1-3-28-14(23)7-6-11-10-30-18-19(27-2,17(26)21(18)15(11)16(24)25)20-13(22)9-12-5-4-8-29-12/h4-8,18H,3,9-10H2,1-2H3,(H,20,22)(H,24,25)/t18-,19-/m0/s1. The number of nitrogens with one attached hydrogen (secondary N) is 1. The van der Waals surface area contributed by atoms with E-state index in [4.69, 9.17) is 9.47 Å². The number of hydrogen-bond donors (Lipinski definition) is 2. The topological polar surface area (TPSA) is 122 Å². The molecule has 30 heavy (non-hydrogen) atoms. The largest absolute Gasteiger partial charge is 0.477 e. The van der Waals surface area contributed by atoms with Crippen molar-refractivity contribution < 1.29 is 33.8 Å². The van der Waals surface area contributed by atoms with Crippen LogP contribution < -0.4 is 5.32 Å². The van der Waals surface area contributed by atoms with Crippen molar-refractivity contribution in [3.63, 3.8) is 0 Å². The zero-order valence-corrected chi connectivity index (χ0v) is 17.9. The van der Waals surface area contributed by atoms with E-state index in [0.717, 1.165) is 15.9 Å². The predicted molar refractivity (Wildman–Crippen MR) is 109 cm³/mol. The van der Waals surface area contributed by atoms with Crippen LogP contribution in [-0.4, -0.2) is 64.3 Å². The van der Waals surface area contributed by atoms with Crippen molar-refractivity contribution in [2.45, 2.75) is 24.4 Å². The minimum Gasteiger partial charge on any atom is -0.477 e. The highest BCUT2D eigenvalue weighted by Crippen LogP contribution is 2.46. The number of esters is 1. The molecule has 2 atom stereocenters. The summed E-state index contributed by atoms with van der Waals surface area (Å²) in [5.74, 6) is -2.80. The quantitative estimate of drug-likeness (QED) is 0.260. The first-order valence-corrected chi connectivity index (χ1v) is 10.9. The zero-order valence-electron chi connectivity index (χ0n) is 16.2. The van der Waals surface area contributed by atoms with E-state index in [9.17, 15) is 24.3 Å². The number of allylic oxidation sites excluding steroid dienone is 1. The number of aliphatic carboxylic acids is 1. The molecule has 0 bridgehead atoms. The minimum absolute atomic E-state index is 0.0859. The molecule has 0 aliphatic carbocycles. The van der Waals surface area contributed by atoms with Gasteiger partial charge in [0.1, 0.15) is 11.1 Å². The molecular weight excluding hydrogens is 432 g/mol. The van der Waals surface area contributed by atoms with E-state index < -0.39 is 34.9 Å². The number of thioether (sulfide) groups is 1. The molecule has 0 radical (unpaired) electrons. The van der Waals surface area contributed by atoms with E-state index in [1.54, 1.807) is 13.0 Å². The van der Waals surface area contributed by atoms with Gasteiger partial charge in [0.2, 0.25) is 5.91 Å². The molecule has 0 spiro atoms. The molecule has 2 N–H and O–H groups in total. The zero-order chi connectivity index (χ0) is 21.9. The lowest BCUT2D eigenvalue weighted by Crippen LogP contribution is -2.80. The average molecular weight is 453 g/mol. The van der Waals surface area contributed by atoms with E-state index >= 15 is 0 Å². The summed E-state index contributed by atoms with van der Waals surface area (Å²) < 4.78 is 10.2. The normalized spacial score (nSPS) is 23.2. The molecule has 3 heterocycles. The predicted octanol–water partition coefficient (Wildman–Crippen LogP) is 1.12. The Hall–Kier alpha value is -2.63. The summed E-state index contributed by atoms with van der Waals surface area (Å²) in [7, 11) is 1.29. The Morgan fingerprint density at radius 3 is 2.80 bits per heavy atom. The Labute approximate surface area is 180 Å². The smallest absolute Gasteiger partial charge is 0.352 e. The summed E-state index contributed by atoms with van der Waals surface area (Å²) in [5, 5.41) is 13.4. The number of thiophene rings is 1. The van der Waals surface area contributed by atoms with Gasteiger partial charge in [-0.3, -0.25) is 14.5 Å². The van der Waals surface area contributed by atoms with Crippen LogP contribution >= 0.6 is 23.1 Å². The van der Waals surface area contributed by atoms with Gasteiger partial charge in [-0.15, -0.1) is 23.1 Å². The number of β-lactam (4-membered cyclic amide) rings is 1. The van der Waals surface area contributed by atoms with Crippen molar-refractivity contribution in [1.29, 1.82) is 0 Å². The van der Waals surface area contributed by atoms with Crippen LogP contribution in [0, 0.1) is 0 Å². The maximum atomic E-state index is 13.0. The first-order valence-electron chi connectivity index (χ1n) is 8.99. The van der Waals surface area contributed by atoms with E-state index in [2.05, 4.69) is 5.32 Å². The Kier molecular flexibility index (Phi) is 6.64. The number of carboxylic acids is 1. The fraction of sp³-hybridized carbons (Fsp3) is 0.368. The van der Waals surface area contributed by atoms with Crippen molar-refractivity contribution >= 4 is 46.9 Å². The van der Waals surface area contributed by atoms with Crippen molar-refractivity contribution in [3.05, 3.63) is 45.8 Å². The number of amides is 2. The molecule has 0 saturated carbocycles. The number of carbonyl (C=O) groups is 4. The van der Waals surface area contributed by atoms with E-state index in [-0.39, 0.29) is 24.5 Å². The molecule has 1 aromatic rings. The van der Waals surface area contributed by atoms with Crippen molar-refractivity contribution in [1.82, 2.24) is 10.2 Å². The summed E-state index contributed by atoms with van der Waals surface area (Å²) in [5.41, 5.74) is -1.60. The van der Waals surface area contributed by atoms with Crippen LogP contribution in [-0.2, 0) is 35.1 Å². The van der Waals surface area contributed by atoms with Crippen molar-refractivity contribution in [2.24, 2.45) is 0 Å². The van der Waals surface area contributed by atoms with Crippen LogP contribution in [0.5, 0.6) is 0 Å². The summed E-state index contributed by atoms with van der Waals surface area (Å²) in [6.45, 7) is 1.85. The molecule has 0 unspecified atom stereocenters. The SMILES string of the molecule is CCOC(=O)C=CC1=C(C(=O)O)N2C(=O)[C@](NC(=O)Cc3cccs3)(OC)[C@@H]2SC1. The van der Waals surface area contributed by atoms with E-state index in [0.29, 0.717) is 5.57 Å². The highest BCUT2D eigenvalue weighted by Gasteiger charge is 2.66. The van der Waals surface area contributed by atoms with Gasteiger partial charge in [0.05, 0.1) is 13.0 Å². The number of fused-ring (bicyclic) bond motifs is 1. The number of carboxylic acid groups (broad SMARTS) is 1. The summed E-state index contributed by atoms with van der Waals surface area (Å²) >= 11 is 2.65. The number of hydrogen-bond acceptors (Lipinski definition) is 8. The van der Waals surface area contributed by atoms with Crippen LogP contribution in [0.25, 0.3) is 0 Å². The van der Waals surface area contributed by atoms with E-state index in [1.165, 1.54) is 36.3 Å². The molecule has 1 fully saturated rings. The molecule has 3 rings (SSSR count). The van der Waals surface area contributed by atoms with Crippen molar-refractivity contribution in [2.75, 3.05) is 19.5 Å². The fourth-order valence-corrected chi connectivity index (χ4v) is 5.33.